The van der Waals surface area contributed by atoms with E-state index in [2.05, 4.69) is 91.9 Å². The molecular weight excluding hydrogens is 653 g/mol. The van der Waals surface area contributed by atoms with E-state index in [-0.39, 0.29) is 23.0 Å². The maximum Gasteiger partial charge on any atom is 0.307 e. The Balaban J connectivity index is 1.25. The van der Waals surface area contributed by atoms with Crippen molar-refractivity contribution in [2.24, 2.45) is 0 Å². The fraction of sp³-hybridized carbons (Fsp3) is 0.267. The zero-order chi connectivity index (χ0) is 35.3. The van der Waals surface area contributed by atoms with E-state index in [0.29, 0.717) is 26.4 Å². The van der Waals surface area contributed by atoms with Gasteiger partial charge in [-0.1, -0.05) is 133 Å². The number of carbonyl (C=O) groups is 1. The Morgan fingerprint density at radius 2 is 1.39 bits per heavy atom. The molecule has 1 N–H and O–H groups in total. The molecule has 5 nitrogen and oxygen atoms in total. The third kappa shape index (κ3) is 11.2. The van der Waals surface area contributed by atoms with Crippen molar-refractivity contribution < 1.29 is 24.1 Å². The molecule has 0 radical (unpaired) electrons. The van der Waals surface area contributed by atoms with Crippen LogP contribution in [-0.4, -0.2) is 29.0 Å². The molecule has 2 unspecified atom stereocenters. The van der Waals surface area contributed by atoms with Crippen molar-refractivity contribution in [2.75, 3.05) is 6.61 Å². The van der Waals surface area contributed by atoms with Crippen LogP contribution in [0.2, 0.25) is 0 Å². The molecule has 5 aromatic carbocycles. The number of thioether (sulfide) groups is 1. The maximum absolute atomic E-state index is 10.9. The van der Waals surface area contributed by atoms with Crippen molar-refractivity contribution in [3.63, 3.8) is 0 Å². The Kier molecular flexibility index (Phi) is 13.2. The average molecular weight is 699 g/mol. The Hall–Kier alpha value is -4.62. The zero-order valence-electron chi connectivity index (χ0n) is 29.2. The lowest BCUT2D eigenvalue weighted by molar-refractivity contribution is -0.135. The highest BCUT2D eigenvalue weighted by Crippen LogP contribution is 2.47. The van der Waals surface area contributed by atoms with Crippen LogP contribution in [0.1, 0.15) is 69.0 Å². The number of aliphatic carboxylic acids is 1. The minimum atomic E-state index is -0.832. The van der Waals surface area contributed by atoms with Crippen LogP contribution in [-0.2, 0) is 40.5 Å². The van der Waals surface area contributed by atoms with Crippen molar-refractivity contribution in [1.82, 2.24) is 0 Å². The number of carboxylic acid groups (broad SMARTS) is 1. The van der Waals surface area contributed by atoms with Crippen LogP contribution in [0.25, 0.3) is 6.08 Å². The summed E-state index contributed by atoms with van der Waals surface area (Å²) >= 11 is 1.98. The van der Waals surface area contributed by atoms with Gasteiger partial charge < -0.3 is 19.3 Å². The molecule has 1 aliphatic heterocycles. The first-order chi connectivity index (χ1) is 25.0. The highest BCUT2D eigenvalue weighted by atomic mass is 32.2. The fourth-order valence-corrected chi connectivity index (χ4v) is 8.02. The van der Waals surface area contributed by atoms with Gasteiger partial charge in [0.05, 0.1) is 32.3 Å². The molecule has 0 bridgehead atoms. The molecule has 0 saturated carbocycles. The Bertz CT molecular complexity index is 1840. The van der Waals surface area contributed by atoms with Gasteiger partial charge in [-0.05, 0) is 71.2 Å². The quantitative estimate of drug-likeness (QED) is 0.111. The standard InChI is InChI=1S/C45H46O5S/c1-33-24-43(50-31-38-16-9-4-10-17-38)42(26-39(33)25-35-22-20-34(21-23-35)18-11-19-45(46)47)44-28-40(49-30-37-14-7-3-8-15-37)27-41(51-44)32-48-29-36-12-5-2-6-13-36/h2-18,20-24,26,40-41,44H,19,25,27-32H2,1H3,(H,46,47)/b18-11+/t40-,41?,44?/m0/s1. The van der Waals surface area contributed by atoms with Crippen molar-refractivity contribution in [2.45, 2.75) is 69.0 Å². The van der Waals surface area contributed by atoms with Crippen LogP contribution in [0.15, 0.2) is 133 Å². The molecule has 51 heavy (non-hydrogen) atoms. The lowest BCUT2D eigenvalue weighted by Crippen LogP contribution is -2.30. The highest BCUT2D eigenvalue weighted by molar-refractivity contribution is 8.00. The lowest BCUT2D eigenvalue weighted by Gasteiger charge is -2.35. The first-order valence-electron chi connectivity index (χ1n) is 17.7. The van der Waals surface area contributed by atoms with Gasteiger partial charge in [0, 0.05) is 16.1 Å². The smallest absolute Gasteiger partial charge is 0.307 e. The molecule has 0 spiro atoms. The number of aryl methyl sites for hydroxylation is 1. The minimum absolute atomic E-state index is 0.0136. The molecule has 1 heterocycles. The number of benzene rings is 5. The first-order valence-corrected chi connectivity index (χ1v) is 18.6. The molecule has 1 saturated heterocycles. The normalized spacial score (nSPS) is 17.4. The molecule has 0 aromatic heterocycles. The van der Waals surface area contributed by atoms with Crippen LogP contribution in [0, 0.1) is 6.92 Å². The van der Waals surface area contributed by atoms with Gasteiger partial charge in [-0.15, -0.1) is 11.8 Å². The van der Waals surface area contributed by atoms with E-state index < -0.39 is 5.97 Å². The second-order valence-corrected chi connectivity index (χ2v) is 14.7. The molecule has 6 heteroatoms. The topological polar surface area (TPSA) is 65.0 Å². The number of carboxylic acids is 1. The largest absolute Gasteiger partial charge is 0.489 e. The van der Waals surface area contributed by atoms with Gasteiger partial charge in [0.15, 0.2) is 0 Å². The van der Waals surface area contributed by atoms with Crippen molar-refractivity contribution in [3.8, 4) is 5.75 Å². The van der Waals surface area contributed by atoms with E-state index in [0.717, 1.165) is 36.1 Å². The highest BCUT2D eigenvalue weighted by Gasteiger charge is 2.33. The summed E-state index contributed by atoms with van der Waals surface area (Å²) in [6, 6.07) is 44.0. The first kappa shape index (κ1) is 36.2. The van der Waals surface area contributed by atoms with Gasteiger partial charge in [-0.3, -0.25) is 4.79 Å². The number of ether oxygens (including phenoxy) is 3. The third-order valence-corrected chi connectivity index (χ3v) is 10.6. The number of hydrogen-bond acceptors (Lipinski definition) is 5. The molecule has 3 atom stereocenters. The predicted molar refractivity (Wildman–Crippen MR) is 207 cm³/mol. The van der Waals surface area contributed by atoms with Gasteiger partial charge in [-0.25, -0.2) is 0 Å². The van der Waals surface area contributed by atoms with Crippen LogP contribution >= 0.6 is 11.8 Å². The third-order valence-electron chi connectivity index (χ3n) is 9.13. The van der Waals surface area contributed by atoms with Crippen LogP contribution in [0.5, 0.6) is 5.75 Å². The monoisotopic (exact) mass is 698 g/mol. The number of rotatable bonds is 16. The molecule has 6 rings (SSSR count). The maximum atomic E-state index is 10.9. The summed E-state index contributed by atoms with van der Waals surface area (Å²) in [6.45, 7) is 4.48. The minimum Gasteiger partial charge on any atom is -0.489 e. The molecule has 262 valence electrons. The van der Waals surface area contributed by atoms with Crippen molar-refractivity contribution in [3.05, 3.63) is 178 Å². The van der Waals surface area contributed by atoms with Crippen molar-refractivity contribution >= 4 is 23.8 Å². The van der Waals surface area contributed by atoms with Gasteiger partial charge >= 0.3 is 5.97 Å². The van der Waals surface area contributed by atoms with E-state index in [9.17, 15) is 4.79 Å². The van der Waals surface area contributed by atoms with E-state index in [1.54, 1.807) is 6.08 Å². The summed E-state index contributed by atoms with van der Waals surface area (Å²) in [5.74, 6) is 0.0887. The average Bonchev–Trinajstić information content (AvgIpc) is 3.16. The molecule has 0 amide bonds. The van der Waals surface area contributed by atoms with E-state index >= 15 is 0 Å². The Labute approximate surface area is 306 Å². The second kappa shape index (κ2) is 18.6. The number of hydrogen-bond donors (Lipinski definition) is 1. The van der Waals surface area contributed by atoms with E-state index in [1.165, 1.54) is 33.4 Å². The second-order valence-electron chi connectivity index (χ2n) is 13.1. The molecule has 5 aromatic rings. The van der Waals surface area contributed by atoms with Crippen molar-refractivity contribution in [1.29, 1.82) is 0 Å². The van der Waals surface area contributed by atoms with Crippen LogP contribution in [0.4, 0.5) is 0 Å². The lowest BCUT2D eigenvalue weighted by atomic mass is 9.93. The summed E-state index contributed by atoms with van der Waals surface area (Å²) in [6.07, 6.45) is 6.22. The molecule has 1 aliphatic rings. The van der Waals surface area contributed by atoms with Gasteiger partial charge in [0.2, 0.25) is 0 Å². The summed E-state index contributed by atoms with van der Waals surface area (Å²) in [5.41, 5.74) is 9.32. The van der Waals surface area contributed by atoms with Gasteiger partial charge in [0.25, 0.3) is 0 Å². The van der Waals surface area contributed by atoms with Gasteiger partial charge in [-0.2, -0.15) is 0 Å². The SMILES string of the molecule is Cc1cc(OCc2ccccc2)c(C2C[C@@H](OCc3ccccc3)CC(COCc3ccccc3)S2)cc1Cc1ccc(/C=C/CC(=O)O)cc1. The summed E-state index contributed by atoms with van der Waals surface area (Å²) < 4.78 is 19.6. The van der Waals surface area contributed by atoms with Crippen LogP contribution < -0.4 is 4.74 Å². The molecule has 1 fully saturated rings. The Morgan fingerprint density at radius 3 is 2.04 bits per heavy atom. The predicted octanol–water partition coefficient (Wildman–Crippen LogP) is 10.4. The van der Waals surface area contributed by atoms with E-state index in [4.69, 9.17) is 19.3 Å². The molecule has 0 aliphatic carbocycles. The summed E-state index contributed by atoms with van der Waals surface area (Å²) in [4.78, 5) is 10.9. The summed E-state index contributed by atoms with van der Waals surface area (Å²) in [7, 11) is 0. The van der Waals surface area contributed by atoms with E-state index in [1.807, 2.05) is 60.3 Å². The zero-order valence-corrected chi connectivity index (χ0v) is 30.0. The van der Waals surface area contributed by atoms with Gasteiger partial charge in [0.1, 0.15) is 12.4 Å². The van der Waals surface area contributed by atoms with Crippen LogP contribution in [0.3, 0.4) is 0 Å². The molecular formula is C45H46O5S. The Morgan fingerprint density at radius 1 is 0.765 bits per heavy atom. The summed E-state index contributed by atoms with van der Waals surface area (Å²) in [5, 5.41) is 9.39. The fourth-order valence-electron chi connectivity index (χ4n) is 6.40.